The smallest absolute Gasteiger partial charge is 0.350 e. The van der Waals surface area contributed by atoms with E-state index in [9.17, 15) is 9.59 Å². The van der Waals surface area contributed by atoms with Crippen LogP contribution in [0.25, 0.3) is 5.65 Å². The molecule has 0 aromatic carbocycles. The van der Waals surface area contributed by atoms with Gasteiger partial charge in [0, 0.05) is 12.7 Å². The van der Waals surface area contributed by atoms with E-state index in [-0.39, 0.29) is 18.1 Å². The molecule has 0 fully saturated rings. The maximum Gasteiger partial charge on any atom is 0.350 e. The first-order chi connectivity index (χ1) is 8.58. The van der Waals surface area contributed by atoms with Gasteiger partial charge in [0.2, 0.25) is 5.91 Å². The van der Waals surface area contributed by atoms with E-state index >= 15 is 0 Å². The Kier molecular flexibility index (Phi) is 3.27. The molecule has 0 spiro atoms. The van der Waals surface area contributed by atoms with Gasteiger partial charge in [0.1, 0.15) is 6.54 Å². The van der Waals surface area contributed by atoms with E-state index in [1.54, 1.807) is 24.4 Å². The summed E-state index contributed by atoms with van der Waals surface area (Å²) in [7, 11) is 0. The molecular formula is C12H14N4O2. The Labute approximate surface area is 104 Å². The molecule has 0 saturated carbocycles. The fourth-order valence-corrected chi connectivity index (χ4v) is 1.51. The summed E-state index contributed by atoms with van der Waals surface area (Å²) in [4.78, 5) is 23.5. The Bertz CT molecular complexity index is 653. The SMILES string of the molecule is C=C(C)CNC(=O)Cn1nc2ccccn2c1=O. The molecule has 2 aromatic rings. The molecule has 1 amide bonds. The Morgan fingerprint density at radius 2 is 2.28 bits per heavy atom. The molecule has 94 valence electrons. The van der Waals surface area contributed by atoms with Gasteiger partial charge in [-0.15, -0.1) is 5.10 Å². The third-order valence-electron chi connectivity index (χ3n) is 2.37. The van der Waals surface area contributed by atoms with Gasteiger partial charge in [-0.3, -0.25) is 9.20 Å². The lowest BCUT2D eigenvalue weighted by atomic mass is 10.3. The van der Waals surface area contributed by atoms with Crippen LogP contribution >= 0.6 is 0 Å². The predicted molar refractivity (Wildman–Crippen MR) is 67.3 cm³/mol. The number of rotatable bonds is 4. The second kappa shape index (κ2) is 4.87. The first kappa shape index (κ1) is 12.1. The highest BCUT2D eigenvalue weighted by Crippen LogP contribution is 1.94. The van der Waals surface area contributed by atoms with E-state index in [0.717, 1.165) is 10.3 Å². The highest BCUT2D eigenvalue weighted by atomic mass is 16.2. The zero-order chi connectivity index (χ0) is 13.1. The predicted octanol–water partition coefficient (Wildman–Crippen LogP) is 0.188. The van der Waals surface area contributed by atoms with Gasteiger partial charge in [0.05, 0.1) is 0 Å². The van der Waals surface area contributed by atoms with Crippen LogP contribution in [-0.2, 0) is 11.3 Å². The lowest BCUT2D eigenvalue weighted by Crippen LogP contribution is -2.33. The van der Waals surface area contributed by atoms with Crippen molar-refractivity contribution in [2.75, 3.05) is 6.54 Å². The van der Waals surface area contributed by atoms with Gasteiger partial charge in [0.25, 0.3) is 0 Å². The molecule has 0 saturated heterocycles. The van der Waals surface area contributed by atoms with Crippen molar-refractivity contribution < 1.29 is 4.79 Å². The lowest BCUT2D eigenvalue weighted by Gasteiger charge is -2.03. The van der Waals surface area contributed by atoms with Crippen molar-refractivity contribution in [2.24, 2.45) is 0 Å². The Morgan fingerprint density at radius 1 is 1.50 bits per heavy atom. The number of nitrogens with one attached hydrogen (secondary N) is 1. The van der Waals surface area contributed by atoms with E-state index in [2.05, 4.69) is 17.0 Å². The van der Waals surface area contributed by atoms with Crippen LogP contribution in [0.1, 0.15) is 6.92 Å². The summed E-state index contributed by atoms with van der Waals surface area (Å²) in [5, 5.41) is 6.72. The van der Waals surface area contributed by atoms with Crippen molar-refractivity contribution in [3.8, 4) is 0 Å². The highest BCUT2D eigenvalue weighted by molar-refractivity contribution is 5.75. The quantitative estimate of drug-likeness (QED) is 0.783. The van der Waals surface area contributed by atoms with Gasteiger partial charge in [-0.2, -0.15) is 0 Å². The molecule has 6 heteroatoms. The third kappa shape index (κ3) is 2.48. The first-order valence-electron chi connectivity index (χ1n) is 5.53. The van der Waals surface area contributed by atoms with Gasteiger partial charge < -0.3 is 5.32 Å². The zero-order valence-electron chi connectivity index (χ0n) is 10.1. The van der Waals surface area contributed by atoms with Crippen molar-refractivity contribution >= 4 is 11.6 Å². The van der Waals surface area contributed by atoms with Gasteiger partial charge in [0.15, 0.2) is 5.65 Å². The second-order valence-electron chi connectivity index (χ2n) is 4.10. The average Bonchev–Trinajstić information content (AvgIpc) is 2.65. The summed E-state index contributed by atoms with van der Waals surface area (Å²) < 4.78 is 2.54. The minimum atomic E-state index is -0.323. The summed E-state index contributed by atoms with van der Waals surface area (Å²) in [6.07, 6.45) is 1.62. The molecule has 0 aliphatic rings. The van der Waals surface area contributed by atoms with E-state index in [1.807, 2.05) is 6.92 Å². The minimum Gasteiger partial charge on any atom is -0.351 e. The maximum atomic E-state index is 11.9. The first-order valence-corrected chi connectivity index (χ1v) is 5.53. The van der Waals surface area contributed by atoms with Crippen LogP contribution in [0.5, 0.6) is 0 Å². The zero-order valence-corrected chi connectivity index (χ0v) is 10.1. The number of carbonyl (C=O) groups is 1. The number of hydrogen-bond acceptors (Lipinski definition) is 3. The summed E-state index contributed by atoms with van der Waals surface area (Å²) in [5.41, 5.74) is 1.05. The van der Waals surface area contributed by atoms with Gasteiger partial charge >= 0.3 is 5.69 Å². The van der Waals surface area contributed by atoms with Gasteiger partial charge in [-0.05, 0) is 19.1 Å². The summed E-state index contributed by atoms with van der Waals surface area (Å²) in [6, 6.07) is 5.23. The molecule has 6 nitrogen and oxygen atoms in total. The van der Waals surface area contributed by atoms with Crippen LogP contribution in [0.3, 0.4) is 0 Å². The Hall–Kier alpha value is -2.37. The maximum absolute atomic E-state index is 11.9. The van der Waals surface area contributed by atoms with Crippen molar-refractivity contribution in [3.63, 3.8) is 0 Å². The summed E-state index contributed by atoms with van der Waals surface area (Å²) >= 11 is 0. The molecule has 2 aromatic heterocycles. The fraction of sp³-hybridized carbons (Fsp3) is 0.250. The lowest BCUT2D eigenvalue weighted by molar-refractivity contribution is -0.121. The molecule has 1 N–H and O–H groups in total. The van der Waals surface area contributed by atoms with Crippen molar-refractivity contribution in [3.05, 3.63) is 47.0 Å². The van der Waals surface area contributed by atoms with Crippen LogP contribution in [-0.4, -0.2) is 26.6 Å². The van der Waals surface area contributed by atoms with Crippen LogP contribution in [0, 0.1) is 0 Å². The number of aromatic nitrogens is 3. The molecular weight excluding hydrogens is 232 g/mol. The van der Waals surface area contributed by atoms with Gasteiger partial charge in [-0.25, -0.2) is 9.48 Å². The van der Waals surface area contributed by atoms with Crippen LogP contribution in [0.15, 0.2) is 41.3 Å². The molecule has 0 atom stereocenters. The average molecular weight is 246 g/mol. The second-order valence-corrected chi connectivity index (χ2v) is 4.10. The number of hydrogen-bond donors (Lipinski definition) is 1. The van der Waals surface area contributed by atoms with E-state index < -0.39 is 0 Å². The van der Waals surface area contributed by atoms with Crippen molar-refractivity contribution in [1.82, 2.24) is 19.5 Å². The molecule has 0 unspecified atom stereocenters. The molecule has 0 aliphatic heterocycles. The van der Waals surface area contributed by atoms with E-state index in [1.165, 1.54) is 4.40 Å². The monoisotopic (exact) mass is 246 g/mol. The van der Waals surface area contributed by atoms with Crippen LogP contribution in [0.4, 0.5) is 0 Å². The Morgan fingerprint density at radius 3 is 2.94 bits per heavy atom. The van der Waals surface area contributed by atoms with Crippen LogP contribution < -0.4 is 11.0 Å². The van der Waals surface area contributed by atoms with Crippen LogP contribution in [0.2, 0.25) is 0 Å². The van der Waals surface area contributed by atoms with E-state index in [0.29, 0.717) is 12.2 Å². The fourth-order valence-electron chi connectivity index (χ4n) is 1.51. The van der Waals surface area contributed by atoms with Gasteiger partial charge in [-0.1, -0.05) is 18.2 Å². The van der Waals surface area contributed by atoms with Crippen molar-refractivity contribution in [2.45, 2.75) is 13.5 Å². The van der Waals surface area contributed by atoms with E-state index in [4.69, 9.17) is 0 Å². The number of pyridine rings is 1. The largest absolute Gasteiger partial charge is 0.351 e. The molecule has 0 aliphatic carbocycles. The topological polar surface area (TPSA) is 68.4 Å². The molecule has 0 bridgehead atoms. The molecule has 18 heavy (non-hydrogen) atoms. The van der Waals surface area contributed by atoms with Crippen molar-refractivity contribution in [1.29, 1.82) is 0 Å². The number of nitrogens with zero attached hydrogens (tertiary/aromatic N) is 3. The number of fused-ring (bicyclic) bond motifs is 1. The minimum absolute atomic E-state index is 0.0895. The molecule has 2 rings (SSSR count). The standard InChI is InChI=1S/C12H14N4O2/c1-9(2)7-13-11(17)8-16-12(18)15-6-4-3-5-10(15)14-16/h3-6H,1,7-8H2,2H3,(H,13,17). The third-order valence-corrected chi connectivity index (χ3v) is 2.37. The molecule has 0 radical (unpaired) electrons. The normalized spacial score (nSPS) is 10.5. The number of amides is 1. The highest BCUT2D eigenvalue weighted by Gasteiger charge is 2.09. The number of carbonyl (C=O) groups excluding carboxylic acids is 1. The summed E-state index contributed by atoms with van der Waals surface area (Å²) in [5.74, 6) is -0.261. The Balaban J connectivity index is 2.17. The summed E-state index contributed by atoms with van der Waals surface area (Å²) in [6.45, 7) is 5.81. The molecule has 2 heterocycles.